The van der Waals surface area contributed by atoms with E-state index in [4.69, 9.17) is 23.2 Å². The monoisotopic (exact) mass is 264 g/mol. The molecule has 0 amide bonds. The molecule has 0 fully saturated rings. The summed E-state index contributed by atoms with van der Waals surface area (Å²) in [6.45, 7) is 0. The summed E-state index contributed by atoms with van der Waals surface area (Å²) in [5, 5.41) is 0.440. The first-order chi connectivity index (χ1) is 8.22. The van der Waals surface area contributed by atoms with Gasteiger partial charge in [-0.25, -0.2) is 0 Å². The van der Waals surface area contributed by atoms with Gasteiger partial charge in [0.1, 0.15) is 0 Å². The second kappa shape index (κ2) is 5.35. The summed E-state index contributed by atoms with van der Waals surface area (Å²) in [6, 6.07) is 15.2. The third-order valence-corrected chi connectivity index (χ3v) is 3.07. The van der Waals surface area contributed by atoms with Crippen molar-refractivity contribution in [3.63, 3.8) is 0 Å². The highest BCUT2D eigenvalue weighted by atomic mass is 35.5. The van der Waals surface area contributed by atoms with Crippen LogP contribution in [0.2, 0.25) is 5.02 Å². The maximum atomic E-state index is 11.6. The van der Waals surface area contributed by atoms with E-state index in [-0.39, 0.29) is 11.7 Å². The topological polar surface area (TPSA) is 17.1 Å². The standard InChI is InChI=1S/C14H10Cl2O/c15-9-14(17)12-8-11(6-7-13(12)16)10-4-2-1-3-5-10/h1-8H,9H2. The summed E-state index contributed by atoms with van der Waals surface area (Å²) < 4.78 is 0. The van der Waals surface area contributed by atoms with Crippen LogP contribution < -0.4 is 0 Å². The lowest BCUT2D eigenvalue weighted by Crippen LogP contribution is -2.01. The second-order valence-electron chi connectivity index (χ2n) is 3.62. The van der Waals surface area contributed by atoms with Crippen molar-refractivity contribution in [2.75, 3.05) is 5.88 Å². The normalized spacial score (nSPS) is 10.2. The third kappa shape index (κ3) is 2.68. The van der Waals surface area contributed by atoms with Gasteiger partial charge in [-0.15, -0.1) is 11.6 Å². The van der Waals surface area contributed by atoms with E-state index < -0.39 is 0 Å². The smallest absolute Gasteiger partial charge is 0.179 e. The molecule has 0 bridgehead atoms. The number of alkyl halides is 1. The Labute approximate surface area is 110 Å². The lowest BCUT2D eigenvalue weighted by Gasteiger charge is -2.06. The molecule has 0 unspecified atom stereocenters. The van der Waals surface area contributed by atoms with E-state index in [9.17, 15) is 4.79 Å². The van der Waals surface area contributed by atoms with Crippen LogP contribution in [0.5, 0.6) is 0 Å². The predicted molar refractivity (Wildman–Crippen MR) is 71.9 cm³/mol. The largest absolute Gasteiger partial charge is 0.293 e. The highest BCUT2D eigenvalue weighted by Gasteiger charge is 2.10. The molecule has 0 N–H and O–H groups in total. The van der Waals surface area contributed by atoms with Crippen LogP contribution >= 0.6 is 23.2 Å². The number of rotatable bonds is 3. The fraction of sp³-hybridized carbons (Fsp3) is 0.0714. The molecule has 0 spiro atoms. The number of benzene rings is 2. The van der Waals surface area contributed by atoms with Crippen molar-refractivity contribution in [1.29, 1.82) is 0 Å². The zero-order valence-corrected chi connectivity index (χ0v) is 10.5. The molecule has 0 aromatic heterocycles. The molecule has 0 aliphatic carbocycles. The first-order valence-corrected chi connectivity index (χ1v) is 6.08. The highest BCUT2D eigenvalue weighted by Crippen LogP contribution is 2.25. The Hall–Kier alpha value is -1.31. The Morgan fingerprint density at radius 3 is 2.35 bits per heavy atom. The Morgan fingerprint density at radius 2 is 1.71 bits per heavy atom. The Bertz CT molecular complexity index is 535. The molecule has 0 atom stereocenters. The summed E-state index contributed by atoms with van der Waals surface area (Å²) in [6.07, 6.45) is 0. The number of Topliss-reactive ketones (excluding diaryl/α,β-unsaturated/α-hetero) is 1. The van der Waals surface area contributed by atoms with Gasteiger partial charge < -0.3 is 0 Å². The number of hydrogen-bond acceptors (Lipinski definition) is 1. The average molecular weight is 265 g/mol. The molecular weight excluding hydrogens is 255 g/mol. The van der Waals surface area contributed by atoms with E-state index in [0.29, 0.717) is 10.6 Å². The minimum Gasteiger partial charge on any atom is -0.293 e. The van der Waals surface area contributed by atoms with Gasteiger partial charge in [0, 0.05) is 5.56 Å². The highest BCUT2D eigenvalue weighted by molar-refractivity contribution is 6.37. The minimum atomic E-state index is -0.158. The molecule has 0 heterocycles. The first kappa shape index (κ1) is 12.2. The van der Waals surface area contributed by atoms with Crippen LogP contribution in [0.3, 0.4) is 0 Å². The third-order valence-electron chi connectivity index (χ3n) is 2.50. The SMILES string of the molecule is O=C(CCl)c1cc(-c2ccccc2)ccc1Cl. The number of carbonyl (C=O) groups is 1. The summed E-state index contributed by atoms with van der Waals surface area (Å²) in [7, 11) is 0. The van der Waals surface area contributed by atoms with E-state index in [2.05, 4.69) is 0 Å². The zero-order valence-electron chi connectivity index (χ0n) is 8.99. The van der Waals surface area contributed by atoms with Crippen LogP contribution in [0.15, 0.2) is 48.5 Å². The molecule has 0 aliphatic rings. The number of ketones is 1. The minimum absolute atomic E-state index is 0.0576. The van der Waals surface area contributed by atoms with Crippen molar-refractivity contribution in [2.45, 2.75) is 0 Å². The van der Waals surface area contributed by atoms with Crippen LogP contribution in [-0.2, 0) is 0 Å². The molecule has 2 rings (SSSR count). The van der Waals surface area contributed by atoms with E-state index in [1.54, 1.807) is 12.1 Å². The van der Waals surface area contributed by atoms with Crippen molar-refractivity contribution in [2.24, 2.45) is 0 Å². The summed E-state index contributed by atoms with van der Waals surface area (Å²) >= 11 is 11.5. The maximum Gasteiger partial charge on any atom is 0.179 e. The van der Waals surface area contributed by atoms with Gasteiger partial charge in [-0.2, -0.15) is 0 Å². The van der Waals surface area contributed by atoms with Crippen LogP contribution in [0.4, 0.5) is 0 Å². The molecule has 2 aromatic rings. The van der Waals surface area contributed by atoms with Crippen molar-refractivity contribution in [3.05, 3.63) is 59.1 Å². The molecule has 3 heteroatoms. The number of carbonyl (C=O) groups excluding carboxylic acids is 1. The van der Waals surface area contributed by atoms with Gasteiger partial charge in [-0.3, -0.25) is 4.79 Å². The second-order valence-corrected chi connectivity index (χ2v) is 4.29. The molecular formula is C14H10Cl2O. The van der Waals surface area contributed by atoms with Gasteiger partial charge in [-0.1, -0.05) is 48.0 Å². The maximum absolute atomic E-state index is 11.6. The molecule has 2 aromatic carbocycles. The summed E-state index contributed by atoms with van der Waals surface area (Å²) in [4.78, 5) is 11.6. The lowest BCUT2D eigenvalue weighted by molar-refractivity contribution is 0.102. The Kier molecular flexibility index (Phi) is 3.82. The van der Waals surface area contributed by atoms with Crippen molar-refractivity contribution in [3.8, 4) is 11.1 Å². The van der Waals surface area contributed by atoms with Crippen molar-refractivity contribution >= 4 is 29.0 Å². The van der Waals surface area contributed by atoms with Crippen LogP contribution in [0.25, 0.3) is 11.1 Å². The van der Waals surface area contributed by atoms with Crippen LogP contribution in [-0.4, -0.2) is 11.7 Å². The van der Waals surface area contributed by atoms with Crippen LogP contribution in [0, 0.1) is 0 Å². The van der Waals surface area contributed by atoms with Gasteiger partial charge in [0.25, 0.3) is 0 Å². The van der Waals surface area contributed by atoms with Crippen LogP contribution in [0.1, 0.15) is 10.4 Å². The van der Waals surface area contributed by atoms with Gasteiger partial charge in [0.15, 0.2) is 5.78 Å². The fourth-order valence-corrected chi connectivity index (χ4v) is 1.99. The quantitative estimate of drug-likeness (QED) is 0.592. The number of hydrogen-bond donors (Lipinski definition) is 0. The lowest BCUT2D eigenvalue weighted by atomic mass is 10.0. The van der Waals surface area contributed by atoms with E-state index in [1.807, 2.05) is 36.4 Å². The Morgan fingerprint density at radius 1 is 1.00 bits per heavy atom. The van der Waals surface area contributed by atoms with E-state index in [0.717, 1.165) is 11.1 Å². The van der Waals surface area contributed by atoms with Crippen molar-refractivity contribution < 1.29 is 4.79 Å². The molecule has 0 saturated carbocycles. The Balaban J connectivity index is 2.48. The van der Waals surface area contributed by atoms with Crippen molar-refractivity contribution in [1.82, 2.24) is 0 Å². The van der Waals surface area contributed by atoms with Gasteiger partial charge in [0.2, 0.25) is 0 Å². The average Bonchev–Trinajstić information content (AvgIpc) is 2.39. The zero-order chi connectivity index (χ0) is 12.3. The molecule has 0 radical (unpaired) electrons. The van der Waals surface area contributed by atoms with Gasteiger partial charge in [-0.05, 0) is 23.3 Å². The predicted octanol–water partition coefficient (Wildman–Crippen LogP) is 4.43. The summed E-state index contributed by atoms with van der Waals surface area (Å²) in [5.74, 6) is -0.215. The molecule has 1 nitrogen and oxygen atoms in total. The molecule has 0 saturated heterocycles. The number of halogens is 2. The molecule has 86 valence electrons. The fourth-order valence-electron chi connectivity index (χ4n) is 1.62. The van der Waals surface area contributed by atoms with Gasteiger partial charge >= 0.3 is 0 Å². The molecule has 17 heavy (non-hydrogen) atoms. The first-order valence-electron chi connectivity index (χ1n) is 5.16. The van der Waals surface area contributed by atoms with E-state index >= 15 is 0 Å². The van der Waals surface area contributed by atoms with Gasteiger partial charge in [0.05, 0.1) is 10.9 Å². The van der Waals surface area contributed by atoms with E-state index in [1.165, 1.54) is 0 Å². The molecule has 0 aliphatic heterocycles. The summed E-state index contributed by atoms with van der Waals surface area (Å²) in [5.41, 5.74) is 2.49.